The maximum absolute atomic E-state index is 12.9. The molecule has 2 aromatic carbocycles. The number of benzene rings is 2. The van der Waals surface area contributed by atoms with Crippen LogP contribution in [-0.2, 0) is 25.7 Å². The summed E-state index contributed by atoms with van der Waals surface area (Å²) in [5, 5.41) is 2.69. The van der Waals surface area contributed by atoms with Crippen molar-refractivity contribution in [2.45, 2.75) is 48.6 Å². The lowest BCUT2D eigenvalue weighted by Crippen LogP contribution is -2.55. The minimum absolute atomic E-state index is 0.0146. The highest BCUT2D eigenvalue weighted by Crippen LogP contribution is 2.43. The van der Waals surface area contributed by atoms with E-state index in [4.69, 9.17) is 4.74 Å². The number of hydrogen-bond donors (Lipinski definition) is 1. The van der Waals surface area contributed by atoms with Crippen LogP contribution < -0.4 is 5.32 Å². The van der Waals surface area contributed by atoms with Crippen molar-refractivity contribution in [2.24, 2.45) is 0 Å². The van der Waals surface area contributed by atoms with Crippen LogP contribution in [0.1, 0.15) is 25.3 Å². The molecule has 1 N–H and O–H groups in total. The molecule has 4 rings (SSSR count). The number of rotatable bonds is 6. The Hall–Kier alpha value is -2.80. The van der Waals surface area contributed by atoms with Crippen molar-refractivity contribution in [1.29, 1.82) is 0 Å². The first-order valence-electron chi connectivity index (χ1n) is 9.57. The molecule has 0 aliphatic carbocycles. The molecule has 2 unspecified atom stereocenters. The average molecular weight is 410 g/mol. The number of hydrogen-bond acceptors (Lipinski definition) is 5. The Morgan fingerprint density at radius 2 is 1.86 bits per heavy atom. The molecule has 3 atom stereocenters. The number of nitrogens with zero attached hydrogens (tertiary/aromatic N) is 1. The second-order valence-corrected chi connectivity index (χ2v) is 8.61. The summed E-state index contributed by atoms with van der Waals surface area (Å²) in [7, 11) is 0. The fourth-order valence-electron chi connectivity index (χ4n) is 3.84. The molecule has 2 aromatic rings. The third-order valence-electron chi connectivity index (χ3n) is 5.18. The lowest BCUT2D eigenvalue weighted by Gasteiger charge is -2.37. The highest BCUT2D eigenvalue weighted by atomic mass is 32.2. The molecule has 2 fully saturated rings. The number of fused-ring (bicyclic) bond motifs is 1. The van der Waals surface area contributed by atoms with Gasteiger partial charge in [0, 0.05) is 35.2 Å². The predicted octanol–water partition coefficient (Wildman–Crippen LogP) is 3.22. The van der Waals surface area contributed by atoms with Gasteiger partial charge in [-0.1, -0.05) is 30.3 Å². The van der Waals surface area contributed by atoms with E-state index < -0.39 is 6.04 Å². The number of β-lactam (4-membered cyclic amide) rings is 1. The van der Waals surface area contributed by atoms with Crippen LogP contribution in [0.5, 0.6) is 0 Å². The van der Waals surface area contributed by atoms with Crippen molar-refractivity contribution in [2.75, 3.05) is 5.32 Å². The molecule has 0 radical (unpaired) electrons. The van der Waals surface area contributed by atoms with Gasteiger partial charge in [0.1, 0.15) is 12.6 Å². The number of carbonyl (C=O) groups excluding carboxylic acids is 3. The first-order valence-corrected chi connectivity index (χ1v) is 10.5. The van der Waals surface area contributed by atoms with E-state index in [0.29, 0.717) is 6.42 Å². The quantitative estimate of drug-likeness (QED) is 0.585. The maximum atomic E-state index is 12.9. The zero-order valence-corrected chi connectivity index (χ0v) is 16.9. The molecule has 2 aliphatic heterocycles. The average Bonchev–Trinajstić information content (AvgIpc) is 3.00. The number of nitrogens with one attached hydrogen (secondary N) is 1. The number of amides is 2. The number of esters is 1. The van der Waals surface area contributed by atoms with E-state index in [1.165, 1.54) is 6.92 Å². The Kier molecular flexibility index (Phi) is 5.58. The van der Waals surface area contributed by atoms with Gasteiger partial charge in [-0.25, -0.2) is 4.79 Å². The largest absolute Gasteiger partial charge is 0.459 e. The normalized spacial score (nSPS) is 22.6. The molecule has 6 nitrogen and oxygen atoms in total. The first kappa shape index (κ1) is 19.5. The SMILES string of the molecule is CC(=O)Nc1ccc(SC2CC3CC(=O)N3[C@H]2C(=O)OCc2ccccc2)cc1. The molecule has 29 heavy (non-hydrogen) atoms. The van der Waals surface area contributed by atoms with Crippen molar-refractivity contribution in [3.63, 3.8) is 0 Å². The van der Waals surface area contributed by atoms with Crippen molar-refractivity contribution < 1.29 is 19.1 Å². The molecule has 2 heterocycles. The zero-order valence-electron chi connectivity index (χ0n) is 16.0. The standard InChI is InChI=1S/C22H22N2O4S/c1-14(25)23-16-7-9-18(10-8-16)29-19-11-17-12-20(26)24(17)21(19)22(27)28-13-15-5-3-2-4-6-15/h2-10,17,19,21H,11-13H2,1H3,(H,23,25)/t17?,19?,21-/m1/s1. The van der Waals surface area contributed by atoms with Crippen molar-refractivity contribution in [3.8, 4) is 0 Å². The molecular weight excluding hydrogens is 388 g/mol. The minimum atomic E-state index is -0.565. The Labute approximate surface area is 173 Å². The second-order valence-electron chi connectivity index (χ2n) is 7.29. The summed E-state index contributed by atoms with van der Waals surface area (Å²) in [4.78, 5) is 38.8. The van der Waals surface area contributed by atoms with E-state index in [0.717, 1.165) is 22.6 Å². The summed E-state index contributed by atoms with van der Waals surface area (Å²) in [5.74, 6) is -0.456. The molecular formula is C22H22N2O4S. The fourth-order valence-corrected chi connectivity index (χ4v) is 5.17. The molecule has 0 bridgehead atoms. The number of ether oxygens (including phenoxy) is 1. The third kappa shape index (κ3) is 4.29. The smallest absolute Gasteiger partial charge is 0.330 e. The fraction of sp³-hybridized carbons (Fsp3) is 0.318. The van der Waals surface area contributed by atoms with Gasteiger partial charge in [-0.2, -0.15) is 0 Å². The Bertz CT molecular complexity index is 916. The van der Waals surface area contributed by atoms with Gasteiger partial charge in [0.2, 0.25) is 11.8 Å². The van der Waals surface area contributed by atoms with Gasteiger partial charge in [-0.15, -0.1) is 11.8 Å². The molecule has 2 saturated heterocycles. The summed E-state index contributed by atoms with van der Waals surface area (Å²) in [6.07, 6.45) is 1.27. The summed E-state index contributed by atoms with van der Waals surface area (Å²) in [6, 6.07) is 16.6. The van der Waals surface area contributed by atoms with E-state index in [1.807, 2.05) is 54.6 Å². The maximum Gasteiger partial charge on any atom is 0.330 e. The van der Waals surface area contributed by atoms with E-state index in [9.17, 15) is 14.4 Å². The van der Waals surface area contributed by atoms with Gasteiger partial charge in [0.15, 0.2) is 0 Å². The zero-order chi connectivity index (χ0) is 20.4. The van der Waals surface area contributed by atoms with Crippen LogP contribution >= 0.6 is 11.8 Å². The molecule has 0 aromatic heterocycles. The first-order chi connectivity index (χ1) is 14.0. The van der Waals surface area contributed by atoms with E-state index >= 15 is 0 Å². The Morgan fingerprint density at radius 1 is 1.14 bits per heavy atom. The molecule has 2 aliphatic rings. The number of anilines is 1. The van der Waals surface area contributed by atoms with Gasteiger partial charge in [0.05, 0.1) is 0 Å². The monoisotopic (exact) mass is 410 g/mol. The number of thioether (sulfide) groups is 1. The van der Waals surface area contributed by atoms with Crippen LogP contribution in [0, 0.1) is 0 Å². The van der Waals surface area contributed by atoms with Crippen molar-refractivity contribution >= 4 is 35.2 Å². The van der Waals surface area contributed by atoms with Crippen LogP contribution in [0.2, 0.25) is 0 Å². The third-order valence-corrected chi connectivity index (χ3v) is 6.47. The van der Waals surface area contributed by atoms with Crippen LogP contribution in [-0.4, -0.2) is 40.0 Å². The predicted molar refractivity (Wildman–Crippen MR) is 110 cm³/mol. The summed E-state index contributed by atoms with van der Waals surface area (Å²) < 4.78 is 5.55. The van der Waals surface area contributed by atoms with Gasteiger partial charge in [-0.05, 0) is 36.2 Å². The van der Waals surface area contributed by atoms with Gasteiger partial charge < -0.3 is 15.0 Å². The van der Waals surface area contributed by atoms with E-state index in [1.54, 1.807) is 16.7 Å². The van der Waals surface area contributed by atoms with Crippen LogP contribution in [0.25, 0.3) is 0 Å². The number of carbonyl (C=O) groups is 3. The molecule has 0 saturated carbocycles. The van der Waals surface area contributed by atoms with Crippen molar-refractivity contribution in [3.05, 3.63) is 60.2 Å². The van der Waals surface area contributed by atoms with Gasteiger partial charge in [-0.3, -0.25) is 9.59 Å². The Balaban J connectivity index is 1.44. The second kappa shape index (κ2) is 8.29. The molecule has 0 spiro atoms. The highest BCUT2D eigenvalue weighted by Gasteiger charge is 2.54. The van der Waals surface area contributed by atoms with E-state index in [-0.39, 0.29) is 35.7 Å². The topological polar surface area (TPSA) is 75.7 Å². The minimum Gasteiger partial charge on any atom is -0.459 e. The van der Waals surface area contributed by atoms with Gasteiger partial charge >= 0.3 is 5.97 Å². The van der Waals surface area contributed by atoms with Crippen LogP contribution in [0.15, 0.2) is 59.5 Å². The molecule has 150 valence electrons. The molecule has 7 heteroatoms. The van der Waals surface area contributed by atoms with Crippen LogP contribution in [0.3, 0.4) is 0 Å². The highest BCUT2D eigenvalue weighted by molar-refractivity contribution is 8.00. The Morgan fingerprint density at radius 3 is 2.52 bits per heavy atom. The summed E-state index contributed by atoms with van der Waals surface area (Å²) in [5.41, 5.74) is 1.65. The lowest BCUT2D eigenvalue weighted by atomic mass is 10.0. The van der Waals surface area contributed by atoms with E-state index in [2.05, 4.69) is 5.32 Å². The summed E-state index contributed by atoms with van der Waals surface area (Å²) >= 11 is 1.58. The van der Waals surface area contributed by atoms with Gasteiger partial charge in [0.25, 0.3) is 0 Å². The van der Waals surface area contributed by atoms with Crippen molar-refractivity contribution in [1.82, 2.24) is 4.90 Å². The summed E-state index contributed by atoms with van der Waals surface area (Å²) in [6.45, 7) is 1.67. The van der Waals surface area contributed by atoms with Crippen LogP contribution in [0.4, 0.5) is 5.69 Å². The molecule has 2 amide bonds. The lowest BCUT2D eigenvalue weighted by molar-refractivity contribution is -0.161.